The summed E-state index contributed by atoms with van der Waals surface area (Å²) >= 11 is 1.66. The van der Waals surface area contributed by atoms with Crippen LogP contribution in [0.15, 0.2) is 59.5 Å². The van der Waals surface area contributed by atoms with Crippen molar-refractivity contribution < 1.29 is 10.2 Å². The van der Waals surface area contributed by atoms with Crippen LogP contribution < -0.4 is 0 Å². The highest BCUT2D eigenvalue weighted by atomic mass is 32.2. The Bertz CT molecular complexity index is 524. The van der Waals surface area contributed by atoms with E-state index in [0.717, 1.165) is 23.3 Å². The number of phenols is 1. The fraction of sp³-hybridized carbons (Fsp3) is 0.294. The molecule has 106 valence electrons. The van der Waals surface area contributed by atoms with E-state index in [9.17, 15) is 10.2 Å². The topological polar surface area (TPSA) is 40.5 Å². The Labute approximate surface area is 124 Å². The van der Waals surface area contributed by atoms with Crippen LogP contribution in [0.5, 0.6) is 5.75 Å². The number of hydrogen-bond donors (Lipinski definition) is 2. The van der Waals surface area contributed by atoms with Gasteiger partial charge in [-0.25, -0.2) is 0 Å². The summed E-state index contributed by atoms with van der Waals surface area (Å²) < 4.78 is -0.326. The van der Waals surface area contributed by atoms with Gasteiger partial charge < -0.3 is 10.2 Å². The second-order valence-electron chi connectivity index (χ2n) is 4.86. The first-order valence-corrected chi connectivity index (χ1v) is 7.66. The molecule has 1 atom stereocenters. The Balaban J connectivity index is 2.34. The molecule has 2 aromatic rings. The smallest absolute Gasteiger partial charge is 0.115 e. The quantitative estimate of drug-likeness (QED) is 0.784. The molecule has 0 amide bonds. The monoisotopic (exact) mass is 288 g/mol. The van der Waals surface area contributed by atoms with Gasteiger partial charge >= 0.3 is 0 Å². The Kier molecular flexibility index (Phi) is 5.10. The molecule has 2 aromatic carbocycles. The predicted molar refractivity (Wildman–Crippen MR) is 84.1 cm³/mol. The summed E-state index contributed by atoms with van der Waals surface area (Å²) in [7, 11) is 0. The highest BCUT2D eigenvalue weighted by Gasteiger charge is 2.31. The van der Waals surface area contributed by atoms with Gasteiger partial charge in [0.25, 0.3) is 0 Å². The minimum absolute atomic E-state index is 0.0936. The number of phenolic OH excluding ortho intramolecular Hbond substituents is 1. The van der Waals surface area contributed by atoms with E-state index in [2.05, 4.69) is 19.1 Å². The summed E-state index contributed by atoms with van der Waals surface area (Å²) in [5.74, 6) is 0.263. The first-order valence-electron chi connectivity index (χ1n) is 6.84. The fourth-order valence-electron chi connectivity index (χ4n) is 2.34. The molecular weight excluding hydrogens is 268 g/mol. The molecule has 0 aliphatic carbocycles. The molecule has 0 fully saturated rings. The molecule has 0 aliphatic heterocycles. The van der Waals surface area contributed by atoms with Crippen molar-refractivity contribution in [1.29, 1.82) is 0 Å². The summed E-state index contributed by atoms with van der Waals surface area (Å²) in [6.45, 7) is 2.22. The molecule has 3 heteroatoms. The average molecular weight is 288 g/mol. The van der Waals surface area contributed by atoms with Crippen molar-refractivity contribution in [2.75, 3.05) is 6.61 Å². The van der Waals surface area contributed by atoms with Crippen molar-refractivity contribution in [3.8, 4) is 5.75 Å². The molecule has 2 nitrogen and oxygen atoms in total. The molecule has 1 unspecified atom stereocenters. The van der Waals surface area contributed by atoms with Crippen LogP contribution in [0, 0.1) is 0 Å². The van der Waals surface area contributed by atoms with Gasteiger partial charge in [0.2, 0.25) is 0 Å². The Hall–Kier alpha value is -1.45. The molecule has 0 saturated carbocycles. The third-order valence-electron chi connectivity index (χ3n) is 3.36. The van der Waals surface area contributed by atoms with Crippen molar-refractivity contribution in [2.24, 2.45) is 0 Å². The lowest BCUT2D eigenvalue weighted by atomic mass is 9.94. The second-order valence-corrected chi connectivity index (χ2v) is 6.32. The van der Waals surface area contributed by atoms with Crippen molar-refractivity contribution in [3.05, 3.63) is 60.2 Å². The maximum atomic E-state index is 10.0. The van der Waals surface area contributed by atoms with E-state index < -0.39 is 0 Å². The largest absolute Gasteiger partial charge is 0.508 e. The molecular formula is C17H20O2S. The van der Waals surface area contributed by atoms with Gasteiger partial charge in [0, 0.05) is 4.90 Å². The summed E-state index contributed by atoms with van der Waals surface area (Å²) in [5.41, 5.74) is 1.14. The SMILES string of the molecule is CCCC(CO)(Sc1ccc(O)cc1)c1ccccc1. The molecule has 0 aromatic heterocycles. The Morgan fingerprint density at radius 3 is 2.20 bits per heavy atom. The molecule has 0 heterocycles. The molecule has 0 spiro atoms. The zero-order chi connectivity index (χ0) is 14.4. The lowest BCUT2D eigenvalue weighted by molar-refractivity contribution is 0.241. The standard InChI is InChI=1S/C17H20O2S/c1-2-12-17(13-18,14-6-4-3-5-7-14)20-16-10-8-15(19)9-11-16/h3-11,18-19H,2,12-13H2,1H3. The number of rotatable bonds is 6. The fourth-order valence-corrected chi connectivity index (χ4v) is 3.69. The van der Waals surface area contributed by atoms with E-state index in [0.29, 0.717) is 0 Å². The van der Waals surface area contributed by atoms with Gasteiger partial charge in [-0.1, -0.05) is 43.7 Å². The molecule has 20 heavy (non-hydrogen) atoms. The minimum Gasteiger partial charge on any atom is -0.508 e. The third-order valence-corrected chi connectivity index (χ3v) is 4.83. The van der Waals surface area contributed by atoms with Crippen molar-refractivity contribution >= 4 is 11.8 Å². The summed E-state index contributed by atoms with van der Waals surface area (Å²) in [6.07, 6.45) is 1.90. The minimum atomic E-state index is -0.326. The van der Waals surface area contributed by atoms with Crippen LogP contribution in [-0.2, 0) is 4.75 Å². The van der Waals surface area contributed by atoms with E-state index in [1.165, 1.54) is 0 Å². The number of thioether (sulfide) groups is 1. The number of aliphatic hydroxyl groups is 1. The van der Waals surface area contributed by atoms with Gasteiger partial charge in [0.1, 0.15) is 5.75 Å². The number of aliphatic hydroxyl groups excluding tert-OH is 1. The summed E-state index contributed by atoms with van der Waals surface area (Å²) in [4.78, 5) is 1.05. The van der Waals surface area contributed by atoms with Gasteiger partial charge in [-0.05, 0) is 36.2 Å². The van der Waals surface area contributed by atoms with Crippen LogP contribution in [0.25, 0.3) is 0 Å². The summed E-state index contributed by atoms with van der Waals surface area (Å²) in [5, 5.41) is 19.4. The van der Waals surface area contributed by atoms with E-state index >= 15 is 0 Å². The zero-order valence-electron chi connectivity index (χ0n) is 11.6. The van der Waals surface area contributed by atoms with E-state index in [4.69, 9.17) is 0 Å². The average Bonchev–Trinajstić information content (AvgIpc) is 2.50. The third kappa shape index (κ3) is 3.35. The molecule has 0 aliphatic rings. The van der Waals surface area contributed by atoms with Crippen molar-refractivity contribution in [1.82, 2.24) is 0 Å². The van der Waals surface area contributed by atoms with Crippen LogP contribution in [0.4, 0.5) is 0 Å². The number of hydrogen-bond acceptors (Lipinski definition) is 3. The molecule has 0 radical (unpaired) electrons. The van der Waals surface area contributed by atoms with Crippen LogP contribution in [0.3, 0.4) is 0 Å². The maximum Gasteiger partial charge on any atom is 0.115 e. The van der Waals surface area contributed by atoms with Gasteiger partial charge in [0.05, 0.1) is 11.4 Å². The highest BCUT2D eigenvalue weighted by molar-refractivity contribution is 8.00. The van der Waals surface area contributed by atoms with Gasteiger partial charge in [-0.2, -0.15) is 0 Å². The lowest BCUT2D eigenvalue weighted by Gasteiger charge is -2.31. The maximum absolute atomic E-state index is 10.0. The molecule has 0 saturated heterocycles. The van der Waals surface area contributed by atoms with E-state index in [1.807, 2.05) is 30.3 Å². The molecule has 0 bridgehead atoms. The van der Waals surface area contributed by atoms with Crippen LogP contribution in [-0.4, -0.2) is 16.8 Å². The van der Waals surface area contributed by atoms with E-state index in [1.54, 1.807) is 23.9 Å². The van der Waals surface area contributed by atoms with Gasteiger partial charge in [-0.3, -0.25) is 0 Å². The number of aromatic hydroxyl groups is 1. The molecule has 2 N–H and O–H groups in total. The van der Waals surface area contributed by atoms with Crippen molar-refractivity contribution in [2.45, 2.75) is 29.4 Å². The summed E-state index contributed by atoms with van der Waals surface area (Å²) in [6, 6.07) is 17.3. The Morgan fingerprint density at radius 1 is 1.00 bits per heavy atom. The second kappa shape index (κ2) is 6.82. The lowest BCUT2D eigenvalue weighted by Crippen LogP contribution is -2.26. The highest BCUT2D eigenvalue weighted by Crippen LogP contribution is 2.44. The first-order chi connectivity index (χ1) is 9.70. The van der Waals surface area contributed by atoms with Crippen molar-refractivity contribution in [3.63, 3.8) is 0 Å². The first kappa shape index (κ1) is 14.9. The normalized spacial score (nSPS) is 13.9. The zero-order valence-corrected chi connectivity index (χ0v) is 12.4. The van der Waals surface area contributed by atoms with Gasteiger partial charge in [-0.15, -0.1) is 11.8 Å². The van der Waals surface area contributed by atoms with Crippen LogP contribution >= 0.6 is 11.8 Å². The Morgan fingerprint density at radius 2 is 1.65 bits per heavy atom. The van der Waals surface area contributed by atoms with E-state index in [-0.39, 0.29) is 17.1 Å². The molecule has 2 rings (SSSR count). The number of benzene rings is 2. The van der Waals surface area contributed by atoms with Crippen LogP contribution in [0.1, 0.15) is 25.3 Å². The predicted octanol–water partition coefficient (Wildman–Crippen LogP) is 4.17. The van der Waals surface area contributed by atoms with Gasteiger partial charge in [0.15, 0.2) is 0 Å². The van der Waals surface area contributed by atoms with Crippen LogP contribution in [0.2, 0.25) is 0 Å².